The molecule has 30 heavy (non-hydrogen) atoms. The minimum atomic E-state index is -0.126. The molecule has 5 aliphatic rings. The van der Waals surface area contributed by atoms with Gasteiger partial charge >= 0.3 is 0 Å². The third-order valence-electron chi connectivity index (χ3n) is 8.08. The Kier molecular flexibility index (Phi) is 6.06. The number of amides is 2. The van der Waals surface area contributed by atoms with Crippen molar-refractivity contribution in [1.29, 1.82) is 0 Å². The lowest BCUT2D eigenvalue weighted by Gasteiger charge is -2.60. The van der Waals surface area contributed by atoms with Crippen LogP contribution >= 0.6 is 15.9 Å². The van der Waals surface area contributed by atoms with Crippen molar-refractivity contribution in [3.63, 3.8) is 0 Å². The Labute approximate surface area is 190 Å². The number of nitrogens with one attached hydrogen (secondary N) is 1. The van der Waals surface area contributed by atoms with E-state index in [9.17, 15) is 9.59 Å². The molecule has 2 unspecified atom stereocenters. The molecule has 1 heterocycles. The summed E-state index contributed by atoms with van der Waals surface area (Å²) in [5, 5.41) is 3.18. The number of carbonyl (C=O) groups is 2. The van der Waals surface area contributed by atoms with Gasteiger partial charge in [0.05, 0.1) is 5.41 Å². The normalized spacial score (nSPS) is 36.4. The maximum Gasteiger partial charge on any atom is 0.228 e. The quantitative estimate of drug-likeness (QED) is 0.588. The van der Waals surface area contributed by atoms with Crippen LogP contribution in [-0.4, -0.2) is 66.2 Å². The first-order chi connectivity index (χ1) is 14.0. The number of halogens is 1. The topological polar surface area (TPSA) is 52.7 Å². The monoisotopic (exact) mass is 481 g/mol. The molecule has 1 saturated heterocycles. The largest absolute Gasteiger partial charge is 0.355 e. The highest BCUT2D eigenvalue weighted by atomic mass is 79.9. The van der Waals surface area contributed by atoms with Gasteiger partial charge in [-0.25, -0.2) is 0 Å². The fraction of sp³-hybridized carbons (Fsp3) is 0.917. The van der Waals surface area contributed by atoms with Crippen molar-refractivity contribution < 1.29 is 9.59 Å². The van der Waals surface area contributed by atoms with Crippen molar-refractivity contribution in [2.45, 2.75) is 69.5 Å². The maximum atomic E-state index is 13.6. The zero-order valence-corrected chi connectivity index (χ0v) is 20.9. The summed E-state index contributed by atoms with van der Waals surface area (Å²) in [7, 11) is 4.13. The fourth-order valence-corrected chi connectivity index (χ4v) is 8.92. The molecule has 4 bridgehead atoms. The average molecular weight is 483 g/mol. The molecular formula is C24H40BrN3O2. The van der Waals surface area contributed by atoms with Gasteiger partial charge in [-0.1, -0.05) is 29.8 Å². The molecule has 1 N–H and O–H groups in total. The van der Waals surface area contributed by atoms with E-state index >= 15 is 0 Å². The van der Waals surface area contributed by atoms with Gasteiger partial charge in [0.1, 0.15) is 0 Å². The van der Waals surface area contributed by atoms with Crippen molar-refractivity contribution in [3.05, 3.63) is 0 Å². The molecule has 0 spiro atoms. The van der Waals surface area contributed by atoms with Crippen molar-refractivity contribution in [1.82, 2.24) is 15.1 Å². The Morgan fingerprint density at radius 1 is 1.10 bits per heavy atom. The predicted molar refractivity (Wildman–Crippen MR) is 123 cm³/mol. The van der Waals surface area contributed by atoms with E-state index in [1.165, 1.54) is 19.3 Å². The Morgan fingerprint density at radius 2 is 1.70 bits per heavy atom. The van der Waals surface area contributed by atoms with Crippen LogP contribution in [0.15, 0.2) is 0 Å². The van der Waals surface area contributed by atoms with Crippen molar-refractivity contribution in [2.75, 3.05) is 40.3 Å². The van der Waals surface area contributed by atoms with E-state index in [0.717, 1.165) is 63.6 Å². The first kappa shape index (κ1) is 22.6. The van der Waals surface area contributed by atoms with E-state index in [-0.39, 0.29) is 27.0 Å². The molecule has 0 aromatic rings. The Morgan fingerprint density at radius 3 is 2.23 bits per heavy atom. The molecule has 4 saturated carbocycles. The van der Waals surface area contributed by atoms with Crippen LogP contribution in [0.25, 0.3) is 0 Å². The maximum absolute atomic E-state index is 13.6. The molecule has 5 nitrogen and oxygen atoms in total. The van der Waals surface area contributed by atoms with Gasteiger partial charge in [-0.05, 0) is 82.7 Å². The van der Waals surface area contributed by atoms with E-state index < -0.39 is 0 Å². The summed E-state index contributed by atoms with van der Waals surface area (Å²) < 4.78 is 0.213. The molecule has 4 aliphatic carbocycles. The number of hydrogen-bond donors (Lipinski definition) is 1. The summed E-state index contributed by atoms with van der Waals surface area (Å²) in [5.41, 5.74) is -0.0706. The summed E-state index contributed by atoms with van der Waals surface area (Å²) in [5.74, 6) is 2.06. The lowest BCUT2D eigenvalue weighted by molar-refractivity contribution is -0.157. The molecule has 0 aromatic heterocycles. The molecule has 5 rings (SSSR count). The Hall–Kier alpha value is -0.620. The number of nitrogens with zero attached hydrogens (tertiary/aromatic N) is 2. The van der Waals surface area contributed by atoms with Gasteiger partial charge in [0.15, 0.2) is 0 Å². The van der Waals surface area contributed by atoms with E-state index in [1.807, 2.05) is 0 Å². The van der Waals surface area contributed by atoms with Crippen LogP contribution in [-0.2, 0) is 9.59 Å². The second kappa shape index (κ2) is 8.06. The standard InChI is InChI=1S/C24H40BrN3O2/c1-22(2,16-27(3)4)15-26-20(29)19-5-7-28(8-6-19)21(30)23-10-17-9-18(11-23)13-24(25,12-17)14-23/h17-19H,5-16H2,1-4H3,(H,26,29). The van der Waals surface area contributed by atoms with Crippen molar-refractivity contribution >= 4 is 27.7 Å². The fourth-order valence-electron chi connectivity index (χ4n) is 7.46. The van der Waals surface area contributed by atoms with Crippen molar-refractivity contribution in [2.24, 2.45) is 28.6 Å². The van der Waals surface area contributed by atoms with Crippen molar-refractivity contribution in [3.8, 4) is 0 Å². The van der Waals surface area contributed by atoms with Gasteiger partial charge in [0.2, 0.25) is 11.8 Å². The van der Waals surface area contributed by atoms with E-state index in [1.54, 1.807) is 0 Å². The van der Waals surface area contributed by atoms with Crippen LogP contribution in [0.3, 0.4) is 0 Å². The van der Waals surface area contributed by atoms with Gasteiger partial charge in [-0.3, -0.25) is 9.59 Å². The summed E-state index contributed by atoms with van der Waals surface area (Å²) >= 11 is 4.03. The van der Waals surface area contributed by atoms with Gasteiger partial charge in [0, 0.05) is 36.4 Å². The van der Waals surface area contributed by atoms with Gasteiger partial charge in [0.25, 0.3) is 0 Å². The Bertz CT molecular complexity index is 670. The SMILES string of the molecule is CN(C)CC(C)(C)CNC(=O)C1CCN(C(=O)C23CC4CC(CC(Br)(C4)C2)C3)CC1. The van der Waals surface area contributed by atoms with Crippen LogP contribution in [0.1, 0.15) is 65.2 Å². The van der Waals surface area contributed by atoms with Crippen LogP contribution < -0.4 is 5.32 Å². The third-order valence-corrected chi connectivity index (χ3v) is 9.01. The molecule has 2 amide bonds. The van der Waals surface area contributed by atoms with Gasteiger partial charge in [-0.2, -0.15) is 0 Å². The smallest absolute Gasteiger partial charge is 0.228 e. The minimum absolute atomic E-state index is 0.0445. The second-order valence-corrected chi connectivity index (χ2v) is 13.8. The third kappa shape index (κ3) is 4.60. The molecule has 5 fully saturated rings. The highest BCUT2D eigenvalue weighted by Gasteiger charge is 2.60. The zero-order chi connectivity index (χ0) is 21.7. The summed E-state index contributed by atoms with van der Waals surface area (Å²) in [6, 6.07) is 0. The summed E-state index contributed by atoms with van der Waals surface area (Å²) in [4.78, 5) is 30.6. The first-order valence-corrected chi connectivity index (χ1v) is 12.7. The number of carbonyl (C=O) groups excluding carboxylic acids is 2. The van der Waals surface area contributed by atoms with Gasteiger partial charge in [-0.15, -0.1) is 0 Å². The van der Waals surface area contributed by atoms with E-state index in [0.29, 0.717) is 12.5 Å². The number of piperidine rings is 1. The molecule has 0 aromatic carbocycles. The molecule has 2 atom stereocenters. The van der Waals surface area contributed by atoms with Gasteiger partial charge < -0.3 is 15.1 Å². The van der Waals surface area contributed by atoms with Crippen LogP contribution in [0.2, 0.25) is 0 Å². The number of alkyl halides is 1. The Balaban J connectivity index is 1.29. The molecule has 1 aliphatic heterocycles. The lowest BCUT2D eigenvalue weighted by atomic mass is 9.49. The van der Waals surface area contributed by atoms with Crippen LogP contribution in [0, 0.1) is 28.6 Å². The zero-order valence-electron chi connectivity index (χ0n) is 19.3. The van der Waals surface area contributed by atoms with E-state index in [2.05, 4.69) is 59.0 Å². The lowest BCUT2D eigenvalue weighted by Crippen LogP contribution is -2.59. The highest BCUT2D eigenvalue weighted by molar-refractivity contribution is 9.10. The molecular weight excluding hydrogens is 442 g/mol. The van der Waals surface area contributed by atoms with E-state index in [4.69, 9.17) is 0 Å². The summed E-state index contributed by atoms with van der Waals surface area (Å²) in [6.45, 7) is 7.50. The highest BCUT2D eigenvalue weighted by Crippen LogP contribution is 2.64. The minimum Gasteiger partial charge on any atom is -0.355 e. The number of rotatable bonds is 6. The molecule has 170 valence electrons. The summed E-state index contributed by atoms with van der Waals surface area (Å²) in [6.07, 6.45) is 8.65. The molecule has 6 heteroatoms. The first-order valence-electron chi connectivity index (χ1n) is 11.9. The second-order valence-electron chi connectivity index (χ2n) is 12.1. The number of hydrogen-bond acceptors (Lipinski definition) is 3. The van der Waals surface area contributed by atoms with Crippen LogP contribution in [0.5, 0.6) is 0 Å². The molecule has 0 radical (unpaired) electrons. The predicted octanol–water partition coefficient (Wildman–Crippen LogP) is 3.66. The van der Waals surface area contributed by atoms with Crippen LogP contribution in [0.4, 0.5) is 0 Å². The average Bonchev–Trinajstić information content (AvgIpc) is 2.63. The number of likely N-dealkylation sites (tertiary alicyclic amines) is 1.